The SMILES string of the molecule is C[C@H]1O[C@@H](O)[C@H](I)[C@@H](O[Si](c2ccccc2)(c2ccccc2)C(C)(C)C)[C@@H]1O[Si](c1ccccc1)(c1ccccc1)C(C)(C)C. The number of alkyl halides is 1. The highest BCUT2D eigenvalue weighted by atomic mass is 127. The zero-order chi connectivity index (χ0) is 32.5. The van der Waals surface area contributed by atoms with Crippen LogP contribution in [0.2, 0.25) is 10.1 Å². The zero-order valence-corrected chi connectivity index (χ0v) is 31.6. The van der Waals surface area contributed by atoms with E-state index in [-0.39, 0.29) is 14.0 Å². The molecule has 0 bridgehead atoms. The molecule has 4 aromatic rings. The van der Waals surface area contributed by atoms with Gasteiger partial charge in [-0.25, -0.2) is 0 Å². The summed E-state index contributed by atoms with van der Waals surface area (Å²) in [7, 11) is -5.98. The Bertz CT molecular complexity index is 1430. The Kier molecular flexibility index (Phi) is 10.3. The Morgan fingerprint density at radius 2 is 0.844 bits per heavy atom. The van der Waals surface area contributed by atoms with Crippen molar-refractivity contribution in [2.75, 3.05) is 0 Å². The van der Waals surface area contributed by atoms with Crippen LogP contribution in [0.5, 0.6) is 0 Å². The molecule has 0 unspecified atom stereocenters. The molecule has 1 heterocycles. The van der Waals surface area contributed by atoms with Crippen LogP contribution in [0, 0.1) is 0 Å². The molecule has 1 aliphatic heterocycles. The molecule has 5 atom stereocenters. The van der Waals surface area contributed by atoms with Gasteiger partial charge in [0.2, 0.25) is 0 Å². The van der Waals surface area contributed by atoms with Gasteiger partial charge in [0.05, 0.1) is 22.2 Å². The molecule has 1 fully saturated rings. The van der Waals surface area contributed by atoms with Gasteiger partial charge in [-0.05, 0) is 37.7 Å². The van der Waals surface area contributed by atoms with E-state index in [1.165, 1.54) is 20.7 Å². The first-order valence-corrected chi connectivity index (χ1v) is 20.9. The molecule has 238 valence electrons. The highest BCUT2D eigenvalue weighted by molar-refractivity contribution is 14.1. The van der Waals surface area contributed by atoms with Gasteiger partial charge in [-0.2, -0.15) is 0 Å². The monoisotopic (exact) mass is 750 g/mol. The van der Waals surface area contributed by atoms with Crippen molar-refractivity contribution in [2.45, 2.75) is 87.1 Å². The minimum Gasteiger partial charge on any atom is -0.400 e. The fourth-order valence-corrected chi connectivity index (χ4v) is 17.5. The third-order valence-electron chi connectivity index (χ3n) is 9.19. The Hall–Kier alpha value is -2.12. The number of hydrogen-bond acceptors (Lipinski definition) is 4. The molecule has 5 rings (SSSR count). The molecule has 0 amide bonds. The van der Waals surface area contributed by atoms with Gasteiger partial charge in [0.25, 0.3) is 16.6 Å². The maximum absolute atomic E-state index is 11.3. The van der Waals surface area contributed by atoms with Crippen molar-refractivity contribution in [3.05, 3.63) is 121 Å². The minimum atomic E-state index is -3.00. The van der Waals surface area contributed by atoms with Crippen LogP contribution < -0.4 is 20.7 Å². The van der Waals surface area contributed by atoms with Crippen LogP contribution in [0.4, 0.5) is 0 Å². The molecule has 7 heteroatoms. The molecule has 0 radical (unpaired) electrons. The molecular formula is C38H47IO4Si2. The Balaban J connectivity index is 1.74. The van der Waals surface area contributed by atoms with Crippen molar-refractivity contribution in [3.63, 3.8) is 0 Å². The van der Waals surface area contributed by atoms with E-state index < -0.39 is 41.2 Å². The third-order valence-corrected chi connectivity index (χ3v) is 20.6. The van der Waals surface area contributed by atoms with E-state index >= 15 is 0 Å². The van der Waals surface area contributed by atoms with Crippen LogP contribution in [-0.2, 0) is 13.6 Å². The predicted molar refractivity (Wildman–Crippen MR) is 199 cm³/mol. The van der Waals surface area contributed by atoms with Gasteiger partial charge in [-0.1, -0.05) is 185 Å². The summed E-state index contributed by atoms with van der Waals surface area (Å²) in [6.45, 7) is 15.8. The minimum absolute atomic E-state index is 0.228. The van der Waals surface area contributed by atoms with Crippen molar-refractivity contribution in [1.29, 1.82) is 0 Å². The lowest BCUT2D eigenvalue weighted by Gasteiger charge is -2.53. The number of halogens is 1. The van der Waals surface area contributed by atoms with Crippen LogP contribution in [0.1, 0.15) is 48.5 Å². The number of aliphatic hydroxyl groups excluding tert-OH is 1. The number of ether oxygens (including phenoxy) is 1. The smallest absolute Gasteiger partial charge is 0.261 e. The predicted octanol–water partition coefficient (Wildman–Crippen LogP) is 6.42. The van der Waals surface area contributed by atoms with E-state index in [4.69, 9.17) is 13.6 Å². The van der Waals surface area contributed by atoms with E-state index in [1.54, 1.807) is 0 Å². The zero-order valence-electron chi connectivity index (χ0n) is 27.5. The Morgan fingerprint density at radius 1 is 0.556 bits per heavy atom. The third kappa shape index (κ3) is 6.42. The molecule has 1 N–H and O–H groups in total. The average Bonchev–Trinajstić information content (AvgIpc) is 3.02. The topological polar surface area (TPSA) is 47.9 Å². The maximum Gasteiger partial charge on any atom is 0.261 e. The summed E-state index contributed by atoms with van der Waals surface area (Å²) < 4.78 is 21.5. The van der Waals surface area contributed by atoms with Crippen LogP contribution in [0.25, 0.3) is 0 Å². The number of rotatable bonds is 8. The maximum atomic E-state index is 11.3. The highest BCUT2D eigenvalue weighted by Gasteiger charge is 2.59. The number of hydrogen-bond donors (Lipinski definition) is 1. The molecule has 4 aromatic carbocycles. The normalized spacial score (nSPS) is 23.1. The first-order chi connectivity index (χ1) is 21.3. The summed E-state index contributed by atoms with van der Waals surface area (Å²) >= 11 is 2.34. The standard InChI is InChI=1S/C38H47IO4Si2/c1-28-34(42-44(37(2,3)4,29-20-12-8-13-21-29)30-22-14-9-15-23-30)35(33(39)36(40)41-28)43-45(38(5,6)7,31-24-16-10-17-25-31)32-26-18-11-19-27-32/h8-28,33-36,40H,1-7H3/t28-,33-,34-,35-,36-/m1/s1. The summed E-state index contributed by atoms with van der Waals surface area (Å²) in [5.41, 5.74) is 0. The van der Waals surface area contributed by atoms with Crippen molar-refractivity contribution in [3.8, 4) is 0 Å². The van der Waals surface area contributed by atoms with Gasteiger partial charge < -0.3 is 18.7 Å². The second-order valence-electron chi connectivity index (χ2n) is 14.2. The first-order valence-electron chi connectivity index (χ1n) is 15.9. The molecule has 0 saturated carbocycles. The number of benzene rings is 4. The van der Waals surface area contributed by atoms with E-state index in [1.807, 2.05) is 6.92 Å². The Labute approximate surface area is 285 Å². The van der Waals surface area contributed by atoms with Crippen molar-refractivity contribution in [2.24, 2.45) is 0 Å². The van der Waals surface area contributed by atoms with Crippen molar-refractivity contribution < 1.29 is 18.7 Å². The van der Waals surface area contributed by atoms with Gasteiger partial charge in [0.1, 0.15) is 0 Å². The molecule has 1 aliphatic rings. The van der Waals surface area contributed by atoms with Crippen LogP contribution in [0.3, 0.4) is 0 Å². The van der Waals surface area contributed by atoms with E-state index in [9.17, 15) is 5.11 Å². The van der Waals surface area contributed by atoms with Gasteiger partial charge in [0, 0.05) is 0 Å². The Morgan fingerprint density at radius 3 is 1.13 bits per heavy atom. The lowest BCUT2D eigenvalue weighted by atomic mass is 10.0. The summed E-state index contributed by atoms with van der Waals surface area (Å²) in [5, 5.41) is 15.7. The second-order valence-corrected chi connectivity index (χ2v) is 24.1. The van der Waals surface area contributed by atoms with E-state index in [0.717, 1.165) is 0 Å². The van der Waals surface area contributed by atoms with Gasteiger partial charge in [0.15, 0.2) is 6.29 Å². The lowest BCUT2D eigenvalue weighted by Crippen LogP contribution is -2.74. The summed E-state index contributed by atoms with van der Waals surface area (Å²) in [6, 6.07) is 42.8. The molecule has 45 heavy (non-hydrogen) atoms. The first kappa shape index (κ1) is 34.2. The van der Waals surface area contributed by atoms with Crippen LogP contribution >= 0.6 is 22.6 Å². The average molecular weight is 751 g/mol. The van der Waals surface area contributed by atoms with Gasteiger partial charge >= 0.3 is 0 Å². The van der Waals surface area contributed by atoms with Crippen LogP contribution in [-0.4, -0.2) is 50.3 Å². The lowest BCUT2D eigenvalue weighted by molar-refractivity contribution is -0.211. The van der Waals surface area contributed by atoms with E-state index in [2.05, 4.69) is 185 Å². The fourth-order valence-electron chi connectivity index (χ4n) is 7.07. The molecule has 0 spiro atoms. The molecule has 0 aliphatic carbocycles. The summed E-state index contributed by atoms with van der Waals surface area (Å²) in [5.74, 6) is 0. The molecular weight excluding hydrogens is 703 g/mol. The van der Waals surface area contributed by atoms with Crippen LogP contribution in [0.15, 0.2) is 121 Å². The molecule has 1 saturated heterocycles. The molecule has 0 aromatic heterocycles. The molecule has 4 nitrogen and oxygen atoms in total. The van der Waals surface area contributed by atoms with Gasteiger partial charge in [-0.3, -0.25) is 0 Å². The largest absolute Gasteiger partial charge is 0.400 e. The summed E-state index contributed by atoms with van der Waals surface area (Å²) in [6.07, 6.45) is -2.28. The van der Waals surface area contributed by atoms with Gasteiger partial charge in [-0.15, -0.1) is 0 Å². The summed E-state index contributed by atoms with van der Waals surface area (Å²) in [4.78, 5) is 0. The second kappa shape index (κ2) is 13.5. The fraction of sp³-hybridized carbons (Fsp3) is 0.368. The van der Waals surface area contributed by atoms with Crippen molar-refractivity contribution >= 4 is 60.0 Å². The van der Waals surface area contributed by atoms with E-state index in [0.29, 0.717) is 0 Å². The highest BCUT2D eigenvalue weighted by Crippen LogP contribution is 2.44. The quantitative estimate of drug-likeness (QED) is 0.129. The number of aliphatic hydroxyl groups is 1. The van der Waals surface area contributed by atoms with Crippen molar-refractivity contribution in [1.82, 2.24) is 0 Å².